The van der Waals surface area contributed by atoms with Gasteiger partial charge in [0, 0.05) is 52.4 Å². The van der Waals surface area contributed by atoms with E-state index >= 15 is 0 Å². The third-order valence-electron chi connectivity index (χ3n) is 5.80. The lowest BCUT2D eigenvalue weighted by Gasteiger charge is -2.35. The normalized spacial score (nSPS) is 18.3. The average Bonchev–Trinajstić information content (AvgIpc) is 2.79. The Bertz CT molecular complexity index is 641. The molecular formula is C23H36N4O3. The second-order valence-electron chi connectivity index (χ2n) is 8.24. The van der Waals surface area contributed by atoms with Crippen molar-refractivity contribution in [3.05, 3.63) is 35.9 Å². The minimum Gasteiger partial charge on any atom is -0.377 e. The van der Waals surface area contributed by atoms with Gasteiger partial charge < -0.3 is 15.0 Å². The number of likely N-dealkylation sites (tertiary alicyclic amines) is 1. The molecule has 2 heterocycles. The Labute approximate surface area is 180 Å². The van der Waals surface area contributed by atoms with Crippen molar-refractivity contribution in [1.29, 1.82) is 0 Å². The topological polar surface area (TPSA) is 65.1 Å². The van der Waals surface area contributed by atoms with Crippen molar-refractivity contribution in [2.75, 3.05) is 65.5 Å². The van der Waals surface area contributed by atoms with Gasteiger partial charge in [-0.1, -0.05) is 30.3 Å². The maximum absolute atomic E-state index is 12.4. The van der Waals surface area contributed by atoms with Crippen LogP contribution in [0.5, 0.6) is 0 Å². The van der Waals surface area contributed by atoms with E-state index in [0.717, 1.165) is 58.5 Å². The van der Waals surface area contributed by atoms with Crippen LogP contribution in [0.2, 0.25) is 0 Å². The molecule has 0 radical (unpaired) electrons. The highest BCUT2D eigenvalue weighted by atomic mass is 16.5. The highest BCUT2D eigenvalue weighted by Crippen LogP contribution is 2.10. The molecule has 30 heavy (non-hydrogen) atoms. The first kappa shape index (κ1) is 22.7. The van der Waals surface area contributed by atoms with Gasteiger partial charge in [-0.2, -0.15) is 0 Å². The van der Waals surface area contributed by atoms with E-state index in [0.29, 0.717) is 32.8 Å². The zero-order valence-corrected chi connectivity index (χ0v) is 18.1. The zero-order chi connectivity index (χ0) is 21.0. The second kappa shape index (κ2) is 12.7. The molecule has 2 saturated heterocycles. The van der Waals surface area contributed by atoms with E-state index in [-0.39, 0.29) is 11.8 Å². The molecule has 1 aromatic carbocycles. The number of piperazine rings is 1. The number of hydrogen-bond donors (Lipinski definition) is 1. The number of amides is 2. The third kappa shape index (κ3) is 8.05. The van der Waals surface area contributed by atoms with E-state index < -0.39 is 0 Å². The van der Waals surface area contributed by atoms with Gasteiger partial charge in [-0.25, -0.2) is 0 Å². The fraction of sp³-hybridized carbons (Fsp3) is 0.652. The predicted octanol–water partition coefficient (Wildman–Crippen LogP) is 1.34. The number of nitrogens with one attached hydrogen (secondary N) is 1. The summed E-state index contributed by atoms with van der Waals surface area (Å²) in [5, 5.41) is 2.98. The van der Waals surface area contributed by atoms with Gasteiger partial charge in [0.05, 0.1) is 19.7 Å². The first-order valence-corrected chi connectivity index (χ1v) is 11.3. The fourth-order valence-corrected chi connectivity index (χ4v) is 3.97. The summed E-state index contributed by atoms with van der Waals surface area (Å²) in [4.78, 5) is 31.0. The lowest BCUT2D eigenvalue weighted by atomic mass is 10.1. The lowest BCUT2D eigenvalue weighted by Crippen LogP contribution is -2.52. The van der Waals surface area contributed by atoms with E-state index in [1.807, 2.05) is 35.2 Å². The number of piperidine rings is 1. The maximum Gasteiger partial charge on any atom is 0.236 e. The molecule has 0 bridgehead atoms. The molecule has 0 unspecified atom stereocenters. The van der Waals surface area contributed by atoms with Crippen LogP contribution >= 0.6 is 0 Å². The summed E-state index contributed by atoms with van der Waals surface area (Å²) in [5.74, 6) is 0.325. The van der Waals surface area contributed by atoms with Crippen molar-refractivity contribution in [2.24, 2.45) is 0 Å². The Morgan fingerprint density at radius 1 is 0.867 bits per heavy atom. The monoisotopic (exact) mass is 416 g/mol. The van der Waals surface area contributed by atoms with Crippen molar-refractivity contribution in [2.45, 2.75) is 32.3 Å². The summed E-state index contributed by atoms with van der Waals surface area (Å²) in [5.41, 5.74) is 1.17. The number of hydrogen-bond acceptors (Lipinski definition) is 5. The molecule has 166 valence electrons. The second-order valence-corrected chi connectivity index (χ2v) is 8.24. The predicted molar refractivity (Wildman–Crippen MR) is 117 cm³/mol. The largest absolute Gasteiger partial charge is 0.377 e. The van der Waals surface area contributed by atoms with Crippen LogP contribution < -0.4 is 5.32 Å². The van der Waals surface area contributed by atoms with E-state index in [4.69, 9.17) is 4.74 Å². The van der Waals surface area contributed by atoms with Crippen molar-refractivity contribution in [3.63, 3.8) is 0 Å². The molecule has 0 aromatic heterocycles. The first-order chi connectivity index (χ1) is 14.7. The zero-order valence-electron chi connectivity index (χ0n) is 18.1. The summed E-state index contributed by atoms with van der Waals surface area (Å²) in [7, 11) is 0. The summed E-state index contributed by atoms with van der Waals surface area (Å²) in [6.45, 7) is 8.02. The lowest BCUT2D eigenvalue weighted by molar-refractivity contribution is -0.134. The summed E-state index contributed by atoms with van der Waals surface area (Å²) in [6.07, 6.45) is 4.32. The van der Waals surface area contributed by atoms with Crippen LogP contribution in [0.15, 0.2) is 30.3 Å². The van der Waals surface area contributed by atoms with Crippen LogP contribution in [0, 0.1) is 0 Å². The fourth-order valence-electron chi connectivity index (χ4n) is 3.97. The van der Waals surface area contributed by atoms with Gasteiger partial charge in [0.25, 0.3) is 0 Å². The van der Waals surface area contributed by atoms with Gasteiger partial charge in [0.2, 0.25) is 11.8 Å². The highest BCUT2D eigenvalue weighted by molar-refractivity contribution is 5.78. The van der Waals surface area contributed by atoms with E-state index in [1.165, 1.54) is 12.0 Å². The van der Waals surface area contributed by atoms with Crippen LogP contribution in [-0.2, 0) is 20.9 Å². The van der Waals surface area contributed by atoms with Gasteiger partial charge >= 0.3 is 0 Å². The van der Waals surface area contributed by atoms with Gasteiger partial charge in [-0.15, -0.1) is 0 Å². The Morgan fingerprint density at radius 3 is 2.23 bits per heavy atom. The quantitative estimate of drug-likeness (QED) is 0.583. The maximum atomic E-state index is 12.4. The molecule has 2 fully saturated rings. The SMILES string of the molecule is O=C(CN1CCN(CC(=O)N2CCCCC2)CC1)NCCCOCc1ccccc1. The molecule has 1 aromatic rings. The standard InChI is InChI=1S/C23H36N4O3/c28-22(24-10-7-17-30-20-21-8-3-1-4-9-21)18-25-13-15-26(16-14-25)19-23(29)27-11-5-2-6-12-27/h1,3-4,8-9H,2,5-7,10-20H2,(H,24,28). The smallest absolute Gasteiger partial charge is 0.236 e. The average molecular weight is 417 g/mol. The molecule has 3 rings (SSSR count). The van der Waals surface area contributed by atoms with E-state index in [9.17, 15) is 9.59 Å². The molecule has 2 aliphatic heterocycles. The van der Waals surface area contributed by atoms with Crippen LogP contribution in [0.3, 0.4) is 0 Å². The number of benzene rings is 1. The van der Waals surface area contributed by atoms with Crippen LogP contribution in [-0.4, -0.2) is 92.0 Å². The molecule has 1 N–H and O–H groups in total. The third-order valence-corrected chi connectivity index (χ3v) is 5.80. The van der Waals surface area contributed by atoms with E-state index in [2.05, 4.69) is 15.1 Å². The molecular weight excluding hydrogens is 380 g/mol. The van der Waals surface area contributed by atoms with Gasteiger partial charge in [-0.3, -0.25) is 19.4 Å². The molecule has 7 nitrogen and oxygen atoms in total. The van der Waals surface area contributed by atoms with Gasteiger partial charge in [0.1, 0.15) is 0 Å². The van der Waals surface area contributed by atoms with Crippen LogP contribution in [0.25, 0.3) is 0 Å². The van der Waals surface area contributed by atoms with Gasteiger partial charge in [-0.05, 0) is 31.2 Å². The summed E-state index contributed by atoms with van der Waals surface area (Å²) < 4.78 is 5.64. The van der Waals surface area contributed by atoms with Gasteiger partial charge in [0.15, 0.2) is 0 Å². The molecule has 0 atom stereocenters. The first-order valence-electron chi connectivity index (χ1n) is 11.3. The Hall–Kier alpha value is -1.96. The minimum atomic E-state index is 0.0657. The summed E-state index contributed by atoms with van der Waals surface area (Å²) >= 11 is 0. The number of carbonyl (C=O) groups is 2. The molecule has 2 amide bonds. The molecule has 0 saturated carbocycles. The van der Waals surface area contributed by atoms with Crippen molar-refractivity contribution in [1.82, 2.24) is 20.0 Å². The molecule has 0 spiro atoms. The van der Waals surface area contributed by atoms with Crippen LogP contribution in [0.1, 0.15) is 31.2 Å². The number of carbonyl (C=O) groups excluding carboxylic acids is 2. The summed E-state index contributed by atoms with van der Waals surface area (Å²) in [6, 6.07) is 10.1. The Morgan fingerprint density at radius 2 is 1.53 bits per heavy atom. The van der Waals surface area contributed by atoms with Crippen molar-refractivity contribution >= 4 is 11.8 Å². The number of nitrogens with zero attached hydrogens (tertiary/aromatic N) is 3. The van der Waals surface area contributed by atoms with Crippen molar-refractivity contribution in [3.8, 4) is 0 Å². The Kier molecular flexibility index (Phi) is 9.60. The van der Waals surface area contributed by atoms with Crippen molar-refractivity contribution < 1.29 is 14.3 Å². The number of rotatable bonds is 10. The molecule has 7 heteroatoms. The highest BCUT2D eigenvalue weighted by Gasteiger charge is 2.23. The van der Waals surface area contributed by atoms with Crippen LogP contribution in [0.4, 0.5) is 0 Å². The number of ether oxygens (including phenoxy) is 1. The molecule has 0 aliphatic carbocycles. The van der Waals surface area contributed by atoms with E-state index in [1.54, 1.807) is 0 Å². The molecule has 2 aliphatic rings. The Balaban J connectivity index is 1.20. The minimum absolute atomic E-state index is 0.0657.